The highest BCUT2D eigenvalue weighted by molar-refractivity contribution is 7.99. The van der Waals surface area contributed by atoms with Crippen molar-refractivity contribution in [3.05, 3.63) is 47.5 Å². The molecule has 2 N–H and O–H groups in total. The van der Waals surface area contributed by atoms with E-state index in [4.69, 9.17) is 17.3 Å². The lowest BCUT2D eigenvalue weighted by molar-refractivity contribution is 0.327. The zero-order chi connectivity index (χ0) is 18.7. The zero-order valence-electron chi connectivity index (χ0n) is 15.8. The second-order valence-corrected chi connectivity index (χ2v) is 8.88. The summed E-state index contributed by atoms with van der Waals surface area (Å²) in [6.07, 6.45) is 2.09. The van der Waals surface area contributed by atoms with Crippen LogP contribution in [0.1, 0.15) is 19.8 Å². The van der Waals surface area contributed by atoms with Crippen LogP contribution in [0.15, 0.2) is 52.3 Å². The largest absolute Gasteiger partial charge is 0.340 e. The smallest absolute Gasteiger partial charge is 0.0567 e. The first kappa shape index (κ1) is 19.6. The van der Waals surface area contributed by atoms with Crippen LogP contribution < -0.4 is 10.6 Å². The predicted octanol–water partition coefficient (Wildman–Crippen LogP) is 5.25. The summed E-state index contributed by atoms with van der Waals surface area (Å²) >= 11 is 8.10. The third-order valence-electron chi connectivity index (χ3n) is 5.04. The van der Waals surface area contributed by atoms with Gasteiger partial charge in [0.2, 0.25) is 0 Å². The molecule has 3 rings (SSSR count). The van der Waals surface area contributed by atoms with Gasteiger partial charge in [-0.15, -0.1) is 0 Å². The Hall–Kier alpha value is -1.20. The lowest BCUT2D eigenvalue weighted by Crippen LogP contribution is -2.34. The number of nitrogens with two attached hydrogens (primary N) is 1. The van der Waals surface area contributed by atoms with Gasteiger partial charge in [-0.3, -0.25) is 0 Å². The number of anilines is 2. The van der Waals surface area contributed by atoms with Crippen LogP contribution in [0.2, 0.25) is 5.02 Å². The van der Waals surface area contributed by atoms with Crippen LogP contribution in [-0.4, -0.2) is 38.1 Å². The lowest BCUT2D eigenvalue weighted by Gasteiger charge is -2.34. The number of hydrogen-bond acceptors (Lipinski definition) is 4. The molecule has 2 atom stereocenters. The van der Waals surface area contributed by atoms with Gasteiger partial charge in [-0.25, -0.2) is 0 Å². The van der Waals surface area contributed by atoms with Gasteiger partial charge in [0.25, 0.3) is 0 Å². The molecule has 2 aromatic rings. The molecule has 0 saturated carbocycles. The van der Waals surface area contributed by atoms with E-state index < -0.39 is 0 Å². The van der Waals surface area contributed by atoms with Crippen molar-refractivity contribution in [3.8, 4) is 0 Å². The van der Waals surface area contributed by atoms with E-state index in [1.165, 1.54) is 21.2 Å². The van der Waals surface area contributed by atoms with Gasteiger partial charge >= 0.3 is 0 Å². The molecule has 0 amide bonds. The van der Waals surface area contributed by atoms with Crippen molar-refractivity contribution in [1.29, 1.82) is 0 Å². The quantitative estimate of drug-likeness (QED) is 0.701. The molecule has 0 fully saturated rings. The van der Waals surface area contributed by atoms with Gasteiger partial charge in [0.1, 0.15) is 0 Å². The second-order valence-electron chi connectivity index (χ2n) is 7.36. The Labute approximate surface area is 166 Å². The van der Waals surface area contributed by atoms with Crippen LogP contribution in [0.4, 0.5) is 11.4 Å². The summed E-state index contributed by atoms with van der Waals surface area (Å²) in [4.78, 5) is 7.14. The van der Waals surface area contributed by atoms with Crippen LogP contribution in [0.5, 0.6) is 0 Å². The number of hydrogen-bond donors (Lipinski definition) is 1. The van der Waals surface area contributed by atoms with Crippen LogP contribution in [0.3, 0.4) is 0 Å². The third-order valence-corrected chi connectivity index (χ3v) is 6.40. The van der Waals surface area contributed by atoms with Crippen LogP contribution in [0.25, 0.3) is 0 Å². The van der Waals surface area contributed by atoms with Gasteiger partial charge in [-0.05, 0) is 69.7 Å². The summed E-state index contributed by atoms with van der Waals surface area (Å²) in [6.45, 7) is 4.24. The predicted molar refractivity (Wildman–Crippen MR) is 114 cm³/mol. The maximum atomic E-state index is 6.51. The Morgan fingerprint density at radius 2 is 1.81 bits per heavy atom. The van der Waals surface area contributed by atoms with E-state index in [1.807, 2.05) is 17.8 Å². The van der Waals surface area contributed by atoms with Gasteiger partial charge in [-0.1, -0.05) is 42.4 Å². The SMILES string of the molecule is CC(CCN(C)C)C(N)CCN1c2ccccc2Sc2ccc(Cl)cc21. The van der Waals surface area contributed by atoms with E-state index in [-0.39, 0.29) is 6.04 Å². The molecule has 0 radical (unpaired) electrons. The van der Waals surface area contributed by atoms with E-state index in [0.717, 1.165) is 31.0 Å². The Morgan fingerprint density at radius 3 is 2.58 bits per heavy atom. The first-order valence-electron chi connectivity index (χ1n) is 9.20. The van der Waals surface area contributed by atoms with Crippen molar-refractivity contribution in [2.24, 2.45) is 11.7 Å². The van der Waals surface area contributed by atoms with Crippen molar-refractivity contribution in [2.75, 3.05) is 32.1 Å². The number of rotatable bonds is 7. The second kappa shape index (κ2) is 8.66. The summed E-state index contributed by atoms with van der Waals surface area (Å²) < 4.78 is 0. The van der Waals surface area contributed by atoms with Crippen LogP contribution in [0, 0.1) is 5.92 Å². The normalized spacial score (nSPS) is 15.5. The highest BCUT2D eigenvalue weighted by atomic mass is 35.5. The number of fused-ring (bicyclic) bond motifs is 2. The van der Waals surface area contributed by atoms with Crippen molar-refractivity contribution in [3.63, 3.8) is 0 Å². The fourth-order valence-electron chi connectivity index (χ4n) is 3.28. The molecule has 0 aliphatic carbocycles. The minimum atomic E-state index is 0.194. The standard InChI is InChI=1S/C21H28ClN3S/c1-15(10-12-24(2)3)17(23)11-13-25-18-6-4-5-7-20(18)26-21-9-8-16(22)14-19(21)25/h4-9,14-15,17H,10-13,23H2,1-3H3. The molecular weight excluding hydrogens is 362 g/mol. The number of halogens is 1. The first-order chi connectivity index (χ1) is 12.5. The Bertz CT molecular complexity index is 750. The average molecular weight is 390 g/mol. The van der Waals surface area contributed by atoms with Gasteiger partial charge in [-0.2, -0.15) is 0 Å². The number of nitrogens with zero attached hydrogens (tertiary/aromatic N) is 2. The number of para-hydroxylation sites is 1. The minimum absolute atomic E-state index is 0.194. The highest BCUT2D eigenvalue weighted by Crippen LogP contribution is 2.48. The maximum Gasteiger partial charge on any atom is 0.0567 e. The summed E-state index contributed by atoms with van der Waals surface area (Å²) in [5, 5.41) is 0.775. The molecule has 1 heterocycles. The van der Waals surface area contributed by atoms with Crippen LogP contribution >= 0.6 is 23.4 Å². The molecule has 140 valence electrons. The van der Waals surface area contributed by atoms with E-state index in [9.17, 15) is 0 Å². The molecule has 5 heteroatoms. The summed E-state index contributed by atoms with van der Waals surface area (Å²) in [5.41, 5.74) is 8.95. The topological polar surface area (TPSA) is 32.5 Å². The molecule has 2 aromatic carbocycles. The maximum absolute atomic E-state index is 6.51. The van der Waals surface area contributed by atoms with Gasteiger partial charge < -0.3 is 15.5 Å². The Kier molecular flexibility index (Phi) is 6.51. The van der Waals surface area contributed by atoms with Gasteiger partial charge in [0.15, 0.2) is 0 Å². The van der Waals surface area contributed by atoms with Crippen molar-refractivity contribution < 1.29 is 0 Å². The molecule has 0 bridgehead atoms. The average Bonchev–Trinajstić information content (AvgIpc) is 2.63. The molecule has 1 aliphatic rings. The molecule has 3 nitrogen and oxygen atoms in total. The van der Waals surface area contributed by atoms with Crippen LogP contribution in [-0.2, 0) is 0 Å². The molecule has 0 aromatic heterocycles. The fraction of sp³-hybridized carbons (Fsp3) is 0.429. The summed E-state index contributed by atoms with van der Waals surface area (Å²) in [6, 6.07) is 14.9. The molecule has 0 saturated heterocycles. The van der Waals surface area contributed by atoms with Gasteiger partial charge in [0.05, 0.1) is 11.4 Å². The highest BCUT2D eigenvalue weighted by Gasteiger charge is 2.24. The molecular formula is C21H28ClN3S. The monoisotopic (exact) mass is 389 g/mol. The van der Waals surface area contributed by atoms with E-state index in [1.54, 1.807) is 0 Å². The molecule has 1 aliphatic heterocycles. The summed E-state index contributed by atoms with van der Waals surface area (Å²) in [7, 11) is 4.22. The van der Waals surface area contributed by atoms with E-state index in [0.29, 0.717) is 5.92 Å². The first-order valence-corrected chi connectivity index (χ1v) is 10.4. The Balaban J connectivity index is 1.76. The third kappa shape index (κ3) is 4.55. The number of benzene rings is 2. The lowest BCUT2D eigenvalue weighted by atomic mass is 9.96. The molecule has 2 unspecified atom stereocenters. The van der Waals surface area contributed by atoms with E-state index in [2.05, 4.69) is 67.2 Å². The summed E-state index contributed by atoms with van der Waals surface area (Å²) in [5.74, 6) is 0.505. The molecule has 26 heavy (non-hydrogen) atoms. The zero-order valence-corrected chi connectivity index (χ0v) is 17.4. The molecule has 0 spiro atoms. The fourth-order valence-corrected chi connectivity index (χ4v) is 4.52. The van der Waals surface area contributed by atoms with Crippen molar-refractivity contribution in [1.82, 2.24) is 4.90 Å². The van der Waals surface area contributed by atoms with Crippen molar-refractivity contribution >= 4 is 34.7 Å². The Morgan fingerprint density at radius 1 is 1.08 bits per heavy atom. The minimum Gasteiger partial charge on any atom is -0.340 e. The van der Waals surface area contributed by atoms with Crippen molar-refractivity contribution in [2.45, 2.75) is 35.6 Å². The van der Waals surface area contributed by atoms with E-state index >= 15 is 0 Å². The van der Waals surface area contributed by atoms with Gasteiger partial charge in [0, 0.05) is 27.4 Å².